The van der Waals surface area contributed by atoms with Gasteiger partial charge in [0, 0.05) is 6.42 Å². The minimum Gasteiger partial charge on any atom is -0.309 e. The SMILES string of the molecule is CC(C)CCC1=NC2C(=NN=C2C(C)C)C(=O)N1. The van der Waals surface area contributed by atoms with Crippen molar-refractivity contribution in [3.8, 4) is 0 Å². The summed E-state index contributed by atoms with van der Waals surface area (Å²) in [4.78, 5) is 16.5. The van der Waals surface area contributed by atoms with Crippen LogP contribution in [0.4, 0.5) is 0 Å². The Balaban J connectivity index is 2.16. The van der Waals surface area contributed by atoms with Crippen LogP contribution in [0.5, 0.6) is 0 Å². The average molecular weight is 248 g/mol. The van der Waals surface area contributed by atoms with Crippen molar-refractivity contribution >= 4 is 23.2 Å². The number of carbonyl (C=O) groups is 1. The van der Waals surface area contributed by atoms with E-state index in [4.69, 9.17) is 0 Å². The van der Waals surface area contributed by atoms with Crippen LogP contribution in [0.3, 0.4) is 0 Å². The number of amides is 1. The van der Waals surface area contributed by atoms with E-state index in [1.54, 1.807) is 0 Å². The Morgan fingerprint density at radius 2 is 1.94 bits per heavy atom. The number of fused-ring (bicyclic) bond motifs is 1. The molecule has 2 rings (SSSR count). The van der Waals surface area contributed by atoms with E-state index in [1.165, 1.54) is 0 Å². The van der Waals surface area contributed by atoms with Gasteiger partial charge in [-0.3, -0.25) is 9.79 Å². The zero-order chi connectivity index (χ0) is 13.3. The first kappa shape index (κ1) is 12.9. The highest BCUT2D eigenvalue weighted by Gasteiger charge is 2.36. The maximum atomic E-state index is 11.9. The summed E-state index contributed by atoms with van der Waals surface area (Å²) in [5.41, 5.74) is 1.33. The van der Waals surface area contributed by atoms with Gasteiger partial charge in [0.25, 0.3) is 5.91 Å². The number of nitrogens with zero attached hydrogens (tertiary/aromatic N) is 3. The average Bonchev–Trinajstić information content (AvgIpc) is 2.70. The van der Waals surface area contributed by atoms with Gasteiger partial charge in [0.1, 0.15) is 11.9 Å². The smallest absolute Gasteiger partial charge is 0.275 e. The van der Waals surface area contributed by atoms with Crippen LogP contribution >= 0.6 is 0 Å². The first-order valence-corrected chi connectivity index (χ1v) is 6.52. The second kappa shape index (κ2) is 5.00. The minimum absolute atomic E-state index is 0.145. The normalized spacial score (nSPS) is 22.7. The monoisotopic (exact) mass is 248 g/mol. The number of hydrogen-bond donors (Lipinski definition) is 1. The molecule has 1 atom stereocenters. The predicted molar refractivity (Wildman–Crippen MR) is 73.1 cm³/mol. The highest BCUT2D eigenvalue weighted by molar-refractivity contribution is 6.49. The molecule has 1 amide bonds. The van der Waals surface area contributed by atoms with Gasteiger partial charge in [-0.15, -0.1) is 5.10 Å². The Bertz CT molecular complexity index is 446. The van der Waals surface area contributed by atoms with E-state index >= 15 is 0 Å². The van der Waals surface area contributed by atoms with Gasteiger partial charge >= 0.3 is 0 Å². The summed E-state index contributed by atoms with van der Waals surface area (Å²) in [5, 5.41) is 10.9. The summed E-state index contributed by atoms with van der Waals surface area (Å²) >= 11 is 0. The molecule has 2 heterocycles. The van der Waals surface area contributed by atoms with Gasteiger partial charge in [-0.25, -0.2) is 0 Å². The number of carbonyl (C=O) groups excluding carboxylic acids is 1. The molecule has 0 aromatic carbocycles. The fourth-order valence-electron chi connectivity index (χ4n) is 2.02. The third-order valence-corrected chi connectivity index (χ3v) is 3.14. The van der Waals surface area contributed by atoms with Gasteiger partial charge in [-0.1, -0.05) is 27.7 Å². The summed E-state index contributed by atoms with van der Waals surface area (Å²) in [6, 6.07) is -0.249. The number of nitrogens with one attached hydrogen (secondary N) is 1. The van der Waals surface area contributed by atoms with E-state index < -0.39 is 0 Å². The molecule has 0 saturated carbocycles. The second-order valence-corrected chi connectivity index (χ2v) is 5.53. The molecule has 18 heavy (non-hydrogen) atoms. The molecule has 1 N–H and O–H groups in total. The van der Waals surface area contributed by atoms with Gasteiger partial charge in [0.2, 0.25) is 0 Å². The highest BCUT2D eigenvalue weighted by Crippen LogP contribution is 2.18. The Morgan fingerprint density at radius 1 is 1.22 bits per heavy atom. The lowest BCUT2D eigenvalue weighted by atomic mass is 9.96. The van der Waals surface area contributed by atoms with Gasteiger partial charge in [-0.05, 0) is 18.3 Å². The van der Waals surface area contributed by atoms with E-state index in [0.29, 0.717) is 11.6 Å². The van der Waals surface area contributed by atoms with E-state index in [2.05, 4.69) is 34.4 Å². The van der Waals surface area contributed by atoms with Crippen molar-refractivity contribution in [3.63, 3.8) is 0 Å². The molecule has 0 aliphatic carbocycles. The molecule has 0 fully saturated rings. The van der Waals surface area contributed by atoms with E-state index in [0.717, 1.165) is 24.4 Å². The summed E-state index contributed by atoms with van der Waals surface area (Å²) in [6.45, 7) is 8.42. The van der Waals surface area contributed by atoms with E-state index in [1.807, 2.05) is 13.8 Å². The molecule has 1 unspecified atom stereocenters. The standard InChI is InChI=1S/C13H20N4O/c1-7(2)5-6-9-14-11-10(8(3)4)16-17-12(11)13(18)15-9/h7-8,11H,5-6H2,1-4H3,(H,14,15,18). The van der Waals surface area contributed by atoms with Crippen molar-refractivity contribution in [2.24, 2.45) is 27.0 Å². The Hall–Kier alpha value is -1.52. The molecule has 5 heteroatoms. The van der Waals surface area contributed by atoms with Gasteiger partial charge < -0.3 is 5.32 Å². The molecule has 0 spiro atoms. The van der Waals surface area contributed by atoms with Crippen LogP contribution in [0.15, 0.2) is 15.2 Å². The molecule has 2 aliphatic heterocycles. The molecular formula is C13H20N4O. The number of aliphatic imine (C=N–C) groups is 1. The van der Waals surface area contributed by atoms with E-state index in [9.17, 15) is 4.79 Å². The van der Waals surface area contributed by atoms with Crippen LogP contribution in [0, 0.1) is 11.8 Å². The fourth-order valence-corrected chi connectivity index (χ4v) is 2.02. The topological polar surface area (TPSA) is 66.2 Å². The van der Waals surface area contributed by atoms with Crippen molar-refractivity contribution in [2.45, 2.75) is 46.6 Å². The second-order valence-electron chi connectivity index (χ2n) is 5.53. The van der Waals surface area contributed by atoms with E-state index in [-0.39, 0.29) is 17.9 Å². The molecule has 0 aromatic heterocycles. The lowest BCUT2D eigenvalue weighted by molar-refractivity contribution is -0.113. The minimum atomic E-state index is -0.249. The first-order chi connectivity index (χ1) is 8.49. The molecule has 5 nitrogen and oxygen atoms in total. The maximum absolute atomic E-state index is 11.9. The summed E-state index contributed by atoms with van der Waals surface area (Å²) < 4.78 is 0. The summed E-state index contributed by atoms with van der Waals surface area (Å²) in [7, 11) is 0. The molecule has 0 bridgehead atoms. The lowest BCUT2D eigenvalue weighted by Gasteiger charge is -2.21. The predicted octanol–water partition coefficient (Wildman–Crippen LogP) is 1.79. The first-order valence-electron chi connectivity index (χ1n) is 6.52. The van der Waals surface area contributed by atoms with Crippen LogP contribution in [-0.2, 0) is 4.79 Å². The van der Waals surface area contributed by atoms with Gasteiger partial charge in [0.15, 0.2) is 5.71 Å². The van der Waals surface area contributed by atoms with Crippen LogP contribution in [-0.4, -0.2) is 29.2 Å². The third-order valence-electron chi connectivity index (χ3n) is 3.14. The van der Waals surface area contributed by atoms with Crippen molar-refractivity contribution in [1.29, 1.82) is 0 Å². The van der Waals surface area contributed by atoms with Gasteiger partial charge in [-0.2, -0.15) is 5.10 Å². The number of amidine groups is 1. The third kappa shape index (κ3) is 2.49. The van der Waals surface area contributed by atoms with Crippen molar-refractivity contribution in [3.05, 3.63) is 0 Å². The summed E-state index contributed by atoms with van der Waals surface area (Å²) in [5.74, 6) is 1.49. The molecule has 98 valence electrons. The highest BCUT2D eigenvalue weighted by atomic mass is 16.2. The molecule has 0 aromatic rings. The van der Waals surface area contributed by atoms with Crippen LogP contribution in [0.1, 0.15) is 40.5 Å². The maximum Gasteiger partial charge on any atom is 0.275 e. The molecule has 2 aliphatic rings. The Kier molecular flexibility index (Phi) is 3.59. The van der Waals surface area contributed by atoms with Crippen molar-refractivity contribution in [2.75, 3.05) is 0 Å². The zero-order valence-electron chi connectivity index (χ0n) is 11.4. The quantitative estimate of drug-likeness (QED) is 0.809. The molecular weight excluding hydrogens is 228 g/mol. The largest absolute Gasteiger partial charge is 0.309 e. The Labute approximate surface area is 107 Å². The zero-order valence-corrected chi connectivity index (χ0v) is 11.4. The molecule has 0 saturated heterocycles. The number of rotatable bonds is 4. The van der Waals surface area contributed by atoms with Crippen LogP contribution < -0.4 is 5.32 Å². The lowest BCUT2D eigenvalue weighted by Crippen LogP contribution is -2.48. The van der Waals surface area contributed by atoms with Crippen LogP contribution in [0.25, 0.3) is 0 Å². The van der Waals surface area contributed by atoms with Crippen LogP contribution in [0.2, 0.25) is 0 Å². The molecule has 0 radical (unpaired) electrons. The fraction of sp³-hybridized carbons (Fsp3) is 0.692. The van der Waals surface area contributed by atoms with Gasteiger partial charge in [0.05, 0.1) is 5.71 Å². The Morgan fingerprint density at radius 3 is 2.56 bits per heavy atom. The summed E-state index contributed by atoms with van der Waals surface area (Å²) in [6.07, 6.45) is 1.82. The van der Waals surface area contributed by atoms with Crippen molar-refractivity contribution in [1.82, 2.24) is 5.32 Å². The van der Waals surface area contributed by atoms with Crippen molar-refractivity contribution < 1.29 is 4.79 Å². The number of hydrogen-bond acceptors (Lipinski definition) is 4.